The summed E-state index contributed by atoms with van der Waals surface area (Å²) in [6, 6.07) is 0. The summed E-state index contributed by atoms with van der Waals surface area (Å²) in [6.07, 6.45) is -0.249. The van der Waals surface area contributed by atoms with E-state index in [-0.39, 0.29) is 23.8 Å². The van der Waals surface area contributed by atoms with E-state index in [2.05, 4.69) is 10.4 Å². The molecule has 2 fully saturated rings. The first kappa shape index (κ1) is 15.8. The van der Waals surface area contributed by atoms with E-state index in [0.717, 1.165) is 25.5 Å². The Morgan fingerprint density at radius 3 is 2.48 bits per heavy atom. The molecule has 0 radical (unpaired) electrons. The van der Waals surface area contributed by atoms with Crippen molar-refractivity contribution < 1.29 is 27.9 Å². The van der Waals surface area contributed by atoms with Crippen LogP contribution in [0.3, 0.4) is 0 Å². The molecule has 2 aliphatic rings. The van der Waals surface area contributed by atoms with Crippen LogP contribution in [-0.4, -0.2) is 27.2 Å². The molecular formula is C14H16F3N3O3. The number of H-pyrrole nitrogens is 1. The van der Waals surface area contributed by atoms with Crippen molar-refractivity contribution in [2.24, 2.45) is 10.8 Å². The van der Waals surface area contributed by atoms with E-state index in [1.807, 2.05) is 5.10 Å². The van der Waals surface area contributed by atoms with Crippen molar-refractivity contribution in [3.63, 3.8) is 0 Å². The van der Waals surface area contributed by atoms with Gasteiger partial charge in [0.15, 0.2) is 0 Å². The number of aromatic amines is 1. The number of amides is 1. The highest BCUT2D eigenvalue weighted by atomic mass is 19.4. The molecule has 126 valence electrons. The van der Waals surface area contributed by atoms with Gasteiger partial charge in [-0.25, -0.2) is 0 Å². The summed E-state index contributed by atoms with van der Waals surface area (Å²) in [4.78, 5) is 23.8. The fraction of sp³-hybridized carbons (Fsp3) is 0.643. The number of nitrogens with one attached hydrogen (secondary N) is 2. The first-order valence-electron chi connectivity index (χ1n) is 7.30. The van der Waals surface area contributed by atoms with Gasteiger partial charge >= 0.3 is 12.1 Å². The van der Waals surface area contributed by atoms with Gasteiger partial charge in [-0.1, -0.05) is 6.42 Å². The summed E-state index contributed by atoms with van der Waals surface area (Å²) in [7, 11) is 0. The first-order chi connectivity index (χ1) is 10.7. The molecule has 2 saturated carbocycles. The van der Waals surface area contributed by atoms with Gasteiger partial charge in [-0.2, -0.15) is 18.3 Å². The van der Waals surface area contributed by atoms with Crippen LogP contribution in [0.25, 0.3) is 0 Å². The highest BCUT2D eigenvalue weighted by molar-refractivity contribution is 6.03. The molecule has 9 heteroatoms. The minimum Gasteiger partial charge on any atom is -0.480 e. The monoisotopic (exact) mass is 331 g/mol. The maximum absolute atomic E-state index is 12.7. The molecule has 6 nitrogen and oxygen atoms in total. The summed E-state index contributed by atoms with van der Waals surface area (Å²) >= 11 is 0. The average Bonchev–Trinajstić information content (AvgIpc) is 2.81. The van der Waals surface area contributed by atoms with Crippen molar-refractivity contribution in [1.82, 2.24) is 15.5 Å². The van der Waals surface area contributed by atoms with Crippen molar-refractivity contribution >= 4 is 11.9 Å². The number of aromatic nitrogens is 2. The zero-order valence-electron chi connectivity index (χ0n) is 12.2. The summed E-state index contributed by atoms with van der Waals surface area (Å²) in [5.74, 6) is -1.94. The van der Waals surface area contributed by atoms with E-state index >= 15 is 0 Å². The molecule has 0 atom stereocenters. The van der Waals surface area contributed by atoms with Gasteiger partial charge in [0, 0.05) is 12.1 Å². The highest BCUT2D eigenvalue weighted by Crippen LogP contribution is 2.64. The van der Waals surface area contributed by atoms with Crippen LogP contribution in [0.1, 0.15) is 43.4 Å². The lowest BCUT2D eigenvalue weighted by molar-refractivity contribution is -0.181. The third-order valence-electron chi connectivity index (χ3n) is 5.05. The van der Waals surface area contributed by atoms with Crippen LogP contribution in [0.2, 0.25) is 0 Å². The predicted octanol–water partition coefficient (Wildman–Crippen LogP) is 2.08. The minimum atomic E-state index is -4.60. The molecule has 23 heavy (non-hydrogen) atoms. The van der Waals surface area contributed by atoms with Crippen LogP contribution in [0.4, 0.5) is 13.2 Å². The van der Waals surface area contributed by atoms with Crippen molar-refractivity contribution in [2.45, 2.75) is 44.8 Å². The van der Waals surface area contributed by atoms with Gasteiger partial charge in [0.05, 0.1) is 6.20 Å². The van der Waals surface area contributed by atoms with Crippen LogP contribution in [-0.2, 0) is 22.3 Å². The van der Waals surface area contributed by atoms with Crippen molar-refractivity contribution in [1.29, 1.82) is 0 Å². The van der Waals surface area contributed by atoms with E-state index in [4.69, 9.17) is 0 Å². The lowest BCUT2D eigenvalue weighted by Gasteiger charge is -2.58. The smallest absolute Gasteiger partial charge is 0.433 e. The summed E-state index contributed by atoms with van der Waals surface area (Å²) in [5, 5.41) is 16.9. The van der Waals surface area contributed by atoms with Gasteiger partial charge in [-0.15, -0.1) is 0 Å². The molecule has 2 aliphatic carbocycles. The second-order valence-electron chi connectivity index (χ2n) is 6.55. The third kappa shape index (κ3) is 2.47. The number of alkyl halides is 3. The Bertz CT molecular complexity index is 641. The number of carboxylic acids is 1. The molecule has 1 aromatic rings. The van der Waals surface area contributed by atoms with Crippen molar-refractivity contribution in [3.8, 4) is 0 Å². The second-order valence-corrected chi connectivity index (χ2v) is 6.55. The number of hydrogen-bond acceptors (Lipinski definition) is 3. The number of carbonyl (C=O) groups excluding carboxylic acids is 1. The molecule has 3 N–H and O–H groups in total. The van der Waals surface area contributed by atoms with Crippen LogP contribution in [0.5, 0.6) is 0 Å². The maximum atomic E-state index is 12.7. The van der Waals surface area contributed by atoms with E-state index in [9.17, 15) is 27.9 Å². The van der Waals surface area contributed by atoms with E-state index in [1.165, 1.54) is 0 Å². The van der Waals surface area contributed by atoms with Crippen LogP contribution in [0, 0.1) is 10.8 Å². The van der Waals surface area contributed by atoms with Gasteiger partial charge in [0.25, 0.3) is 0 Å². The number of aliphatic carboxylic acids is 1. The zero-order chi connectivity index (χ0) is 16.9. The molecule has 1 aromatic heterocycles. The van der Waals surface area contributed by atoms with Gasteiger partial charge in [-0.3, -0.25) is 14.7 Å². The van der Waals surface area contributed by atoms with Crippen molar-refractivity contribution in [2.75, 3.05) is 0 Å². The molecular weight excluding hydrogens is 315 g/mol. The molecule has 3 rings (SSSR count). The van der Waals surface area contributed by atoms with Gasteiger partial charge < -0.3 is 10.4 Å². The van der Waals surface area contributed by atoms with Crippen LogP contribution in [0.15, 0.2) is 6.20 Å². The standard InChI is InChI=1S/C14H16F3N3O3/c15-14(16,17)9-8(5-19-20-9)4-18-10(21)13(11(22)23)6-12(7-13)2-1-3-12/h5H,1-4,6-7H2,(H,18,21)(H,19,20)(H,22,23). The minimum absolute atomic E-state index is 0.0531. The predicted molar refractivity (Wildman–Crippen MR) is 71.0 cm³/mol. The average molecular weight is 331 g/mol. The van der Waals surface area contributed by atoms with E-state index in [1.54, 1.807) is 0 Å². The number of carboxylic acid groups (broad SMARTS) is 1. The third-order valence-corrected chi connectivity index (χ3v) is 5.05. The van der Waals surface area contributed by atoms with Gasteiger partial charge in [0.1, 0.15) is 11.1 Å². The Labute approximate surface area is 129 Å². The lowest BCUT2D eigenvalue weighted by atomic mass is 9.45. The Hall–Kier alpha value is -2.06. The summed E-state index contributed by atoms with van der Waals surface area (Å²) in [5.41, 5.74) is -2.82. The molecule has 1 amide bonds. The molecule has 0 unspecified atom stereocenters. The first-order valence-corrected chi connectivity index (χ1v) is 7.30. The SMILES string of the molecule is O=C(O)C1(C(=O)NCc2cn[nH]c2C(F)(F)F)CC2(CCC2)C1. The maximum Gasteiger partial charge on any atom is 0.433 e. The number of hydrogen-bond donors (Lipinski definition) is 3. The topological polar surface area (TPSA) is 95.1 Å². The fourth-order valence-corrected chi connectivity index (χ4v) is 3.70. The van der Waals surface area contributed by atoms with E-state index < -0.39 is 35.7 Å². The van der Waals surface area contributed by atoms with Crippen molar-refractivity contribution in [3.05, 3.63) is 17.5 Å². The molecule has 1 spiro atoms. The van der Waals surface area contributed by atoms with Gasteiger partial charge in [-0.05, 0) is 31.1 Å². The zero-order valence-corrected chi connectivity index (χ0v) is 12.2. The van der Waals surface area contributed by atoms with Crippen LogP contribution < -0.4 is 5.32 Å². The number of halogens is 3. The Kier molecular flexibility index (Phi) is 3.42. The fourth-order valence-electron chi connectivity index (χ4n) is 3.70. The lowest BCUT2D eigenvalue weighted by Crippen LogP contribution is -2.61. The second kappa shape index (κ2) is 4.97. The Morgan fingerprint density at radius 2 is 2.00 bits per heavy atom. The molecule has 1 heterocycles. The summed E-state index contributed by atoms with van der Waals surface area (Å²) < 4.78 is 38.2. The number of carbonyl (C=O) groups is 2. The van der Waals surface area contributed by atoms with E-state index in [0.29, 0.717) is 0 Å². The quantitative estimate of drug-likeness (QED) is 0.736. The Balaban J connectivity index is 1.67. The molecule has 0 saturated heterocycles. The number of rotatable bonds is 4. The summed E-state index contributed by atoms with van der Waals surface area (Å²) in [6.45, 7) is -0.411. The number of nitrogens with zero attached hydrogens (tertiary/aromatic N) is 1. The Morgan fingerprint density at radius 1 is 1.35 bits per heavy atom. The normalized spacial score (nSPS) is 21.3. The van der Waals surface area contributed by atoms with Crippen LogP contribution >= 0.6 is 0 Å². The molecule has 0 bridgehead atoms. The van der Waals surface area contributed by atoms with Gasteiger partial charge in [0.2, 0.25) is 5.91 Å². The molecule has 0 aromatic carbocycles. The highest BCUT2D eigenvalue weighted by Gasteiger charge is 2.64. The molecule has 0 aliphatic heterocycles. The largest absolute Gasteiger partial charge is 0.480 e.